The molecule has 5 aromatic rings. The van der Waals surface area contributed by atoms with Gasteiger partial charge in [-0.25, -0.2) is 14.8 Å². The van der Waals surface area contributed by atoms with Gasteiger partial charge in [0, 0.05) is 45.1 Å². The molecule has 0 bridgehead atoms. The molecule has 2 aliphatic rings. The molecule has 2 saturated heterocycles. The van der Waals surface area contributed by atoms with Crippen LogP contribution < -0.4 is 26.2 Å². The number of anilines is 2. The Hall–Kier alpha value is -6.00. The quantitative estimate of drug-likeness (QED) is 0.216. The van der Waals surface area contributed by atoms with Gasteiger partial charge in [0.15, 0.2) is 11.4 Å². The summed E-state index contributed by atoms with van der Waals surface area (Å²) in [6.45, 7) is 5.65. The lowest BCUT2D eigenvalue weighted by molar-refractivity contribution is 0.0590. The van der Waals surface area contributed by atoms with E-state index in [2.05, 4.69) is 29.8 Å². The first-order valence-electron chi connectivity index (χ1n) is 15.8. The summed E-state index contributed by atoms with van der Waals surface area (Å²) in [5, 5.41) is 22.8. The molecule has 16 nitrogen and oxygen atoms in total. The average molecular weight is 686 g/mol. The molecule has 0 aliphatic carbocycles. The van der Waals surface area contributed by atoms with E-state index in [0.717, 1.165) is 50.2 Å². The van der Waals surface area contributed by atoms with Gasteiger partial charge in [-0.15, -0.1) is 0 Å². The van der Waals surface area contributed by atoms with E-state index in [9.17, 15) is 29.4 Å². The number of carbonyl (C=O) groups excluding carboxylic acids is 2. The maximum atomic E-state index is 12.6. The third-order valence-electron chi connectivity index (χ3n) is 8.21. The fourth-order valence-electron chi connectivity index (χ4n) is 5.51. The van der Waals surface area contributed by atoms with Gasteiger partial charge in [0.05, 0.1) is 44.9 Å². The van der Waals surface area contributed by atoms with Crippen LogP contribution in [0.25, 0.3) is 11.3 Å². The van der Waals surface area contributed by atoms with Crippen LogP contribution in [0.1, 0.15) is 26.5 Å². The molecule has 0 spiro atoms. The van der Waals surface area contributed by atoms with Crippen molar-refractivity contribution in [2.75, 3.05) is 69.5 Å². The molecule has 260 valence electrons. The molecule has 2 fully saturated rings. The predicted molar refractivity (Wildman–Crippen MR) is 181 cm³/mol. The molecule has 4 aromatic heterocycles. The number of nitrogens with one attached hydrogen (secondary N) is 1. The van der Waals surface area contributed by atoms with E-state index in [1.807, 2.05) is 42.5 Å². The lowest BCUT2D eigenvalue weighted by Gasteiger charge is -2.28. The second kappa shape index (κ2) is 15.0. The molecule has 6 heterocycles. The largest absolute Gasteiger partial charge is 0.501 e. The first-order chi connectivity index (χ1) is 24.2. The second-order valence-electron chi connectivity index (χ2n) is 11.3. The fourth-order valence-corrected chi connectivity index (χ4v) is 5.51. The molecule has 1 amide bonds. The number of amides is 1. The second-order valence-corrected chi connectivity index (χ2v) is 11.3. The third kappa shape index (κ3) is 7.20. The Kier molecular flexibility index (Phi) is 10.2. The van der Waals surface area contributed by atoms with Gasteiger partial charge in [-0.1, -0.05) is 30.3 Å². The van der Waals surface area contributed by atoms with Gasteiger partial charge in [0.25, 0.3) is 5.91 Å². The Balaban J connectivity index is 0.000000178. The first-order valence-corrected chi connectivity index (χ1v) is 15.8. The zero-order valence-corrected chi connectivity index (χ0v) is 27.2. The van der Waals surface area contributed by atoms with Crippen LogP contribution in [0.3, 0.4) is 0 Å². The van der Waals surface area contributed by atoms with Crippen molar-refractivity contribution in [3.63, 3.8) is 0 Å². The van der Waals surface area contributed by atoms with E-state index in [1.54, 1.807) is 24.5 Å². The predicted octanol–water partition coefficient (Wildman–Crippen LogP) is 1.19. The van der Waals surface area contributed by atoms with Gasteiger partial charge in [-0.3, -0.25) is 23.2 Å². The summed E-state index contributed by atoms with van der Waals surface area (Å²) in [7, 11) is 1.16. The lowest BCUT2D eigenvalue weighted by Crippen LogP contribution is -2.36. The highest BCUT2D eigenvalue weighted by Gasteiger charge is 2.21. The summed E-state index contributed by atoms with van der Waals surface area (Å²) in [5.74, 6) is -2.83. The monoisotopic (exact) mass is 685 g/mol. The average Bonchev–Trinajstić information content (AvgIpc) is 3.17. The minimum absolute atomic E-state index is 0.264. The van der Waals surface area contributed by atoms with Crippen molar-refractivity contribution < 1.29 is 34.0 Å². The van der Waals surface area contributed by atoms with Gasteiger partial charge in [0.1, 0.15) is 11.3 Å². The number of ether oxygens (including phenoxy) is 3. The number of fused-ring (bicyclic) bond motifs is 2. The number of rotatable bonds is 6. The fraction of sp³-hybridized carbons (Fsp3) is 0.294. The van der Waals surface area contributed by atoms with E-state index >= 15 is 0 Å². The van der Waals surface area contributed by atoms with Crippen LogP contribution in [0, 0.1) is 0 Å². The summed E-state index contributed by atoms with van der Waals surface area (Å²) >= 11 is 0. The SMILES string of the molecule is COC(=O)c1nc2ccc(N3CCOCC3)cn2c(=O)c1O.O=C(NCc1ccccc1)c1nc2ccc(N3CCOCC3)cn2c(=O)c1O. The number of aromatic nitrogens is 4. The number of nitrogens with zero attached hydrogens (tertiary/aromatic N) is 6. The maximum absolute atomic E-state index is 12.6. The van der Waals surface area contributed by atoms with Gasteiger partial charge < -0.3 is 39.5 Å². The number of hydrogen-bond acceptors (Lipinski definition) is 13. The first kappa shape index (κ1) is 33.9. The molecule has 0 atom stereocenters. The summed E-state index contributed by atoms with van der Waals surface area (Å²) in [4.78, 5) is 61.2. The molecule has 2 aliphatic heterocycles. The number of aromatic hydroxyl groups is 2. The number of methoxy groups -OCH3 is 1. The van der Waals surface area contributed by atoms with Crippen LogP contribution in [0.5, 0.6) is 11.5 Å². The molecule has 3 N–H and O–H groups in total. The molecule has 50 heavy (non-hydrogen) atoms. The molecule has 0 radical (unpaired) electrons. The Labute approximate surface area is 284 Å². The van der Waals surface area contributed by atoms with Crippen LogP contribution in [0.2, 0.25) is 0 Å². The summed E-state index contributed by atoms with van der Waals surface area (Å²) in [6.07, 6.45) is 3.22. The van der Waals surface area contributed by atoms with Gasteiger partial charge >= 0.3 is 17.1 Å². The number of morpholine rings is 2. The lowest BCUT2D eigenvalue weighted by atomic mass is 10.2. The van der Waals surface area contributed by atoms with Gasteiger partial charge in [-0.2, -0.15) is 0 Å². The summed E-state index contributed by atoms with van der Waals surface area (Å²) in [5.41, 5.74) is 1.08. The van der Waals surface area contributed by atoms with Crippen LogP contribution in [0.15, 0.2) is 76.6 Å². The van der Waals surface area contributed by atoms with Crippen molar-refractivity contribution in [3.05, 3.63) is 105 Å². The Bertz CT molecular complexity index is 2140. The van der Waals surface area contributed by atoms with E-state index in [0.29, 0.717) is 32.1 Å². The maximum Gasteiger partial charge on any atom is 0.360 e. The molecule has 16 heteroatoms. The van der Waals surface area contributed by atoms with Crippen molar-refractivity contribution in [3.8, 4) is 11.5 Å². The van der Waals surface area contributed by atoms with Crippen LogP contribution in [0.4, 0.5) is 11.4 Å². The zero-order chi connectivity index (χ0) is 35.2. The molecule has 7 rings (SSSR count). The van der Waals surface area contributed by atoms with Crippen molar-refractivity contribution in [2.24, 2.45) is 0 Å². The third-order valence-corrected chi connectivity index (χ3v) is 8.21. The van der Waals surface area contributed by atoms with Crippen molar-refractivity contribution in [2.45, 2.75) is 6.54 Å². The molecular weight excluding hydrogens is 650 g/mol. The van der Waals surface area contributed by atoms with E-state index in [4.69, 9.17) is 9.47 Å². The Morgan fingerprint density at radius 2 is 1.22 bits per heavy atom. The van der Waals surface area contributed by atoms with Crippen molar-refractivity contribution >= 4 is 34.5 Å². The van der Waals surface area contributed by atoms with Crippen LogP contribution in [-0.2, 0) is 20.8 Å². The zero-order valence-electron chi connectivity index (χ0n) is 27.2. The van der Waals surface area contributed by atoms with E-state index < -0.39 is 34.5 Å². The van der Waals surface area contributed by atoms with Gasteiger partial charge in [0.2, 0.25) is 11.5 Å². The number of hydrogen-bond donors (Lipinski definition) is 3. The van der Waals surface area contributed by atoms with Crippen LogP contribution in [-0.4, -0.2) is 101 Å². The van der Waals surface area contributed by atoms with E-state index in [-0.39, 0.29) is 23.6 Å². The highest BCUT2D eigenvalue weighted by atomic mass is 16.5. The standard InChI is InChI=1S/C20H20N4O4.C14H15N3O5/c25-18-17(19(26)21-12-14-4-2-1-3-5-14)22-16-7-6-15(13-24(16)20(18)27)23-8-10-28-11-9-23;1-21-14(20)11-12(18)13(19)17-8-9(2-3-10(17)15-11)16-4-6-22-7-5-16/h1-7,13,25H,8-12H2,(H,21,26);2-3,8,18H,4-7H2,1H3. The molecular formula is C34H35N7O9. The molecule has 0 saturated carbocycles. The van der Waals surface area contributed by atoms with Crippen molar-refractivity contribution in [1.29, 1.82) is 0 Å². The highest BCUT2D eigenvalue weighted by Crippen LogP contribution is 2.20. The topological polar surface area (TPSA) is 190 Å². The number of esters is 1. The Morgan fingerprint density at radius 1 is 0.740 bits per heavy atom. The van der Waals surface area contributed by atoms with Crippen molar-refractivity contribution in [1.82, 2.24) is 24.1 Å². The number of benzene rings is 1. The summed E-state index contributed by atoms with van der Waals surface area (Å²) in [6, 6.07) is 16.3. The molecule has 0 unspecified atom stereocenters. The minimum Gasteiger partial charge on any atom is -0.501 e. The molecule has 1 aromatic carbocycles. The highest BCUT2D eigenvalue weighted by molar-refractivity contribution is 5.95. The summed E-state index contributed by atoms with van der Waals surface area (Å²) < 4.78 is 17.6. The Morgan fingerprint density at radius 3 is 1.72 bits per heavy atom. The number of carbonyl (C=O) groups is 2. The smallest absolute Gasteiger partial charge is 0.360 e. The minimum atomic E-state index is -0.852. The van der Waals surface area contributed by atoms with Crippen LogP contribution >= 0.6 is 0 Å². The normalized spacial score (nSPS) is 14.6. The number of pyridine rings is 2. The van der Waals surface area contributed by atoms with E-state index in [1.165, 1.54) is 8.80 Å². The van der Waals surface area contributed by atoms with Gasteiger partial charge in [-0.05, 0) is 29.8 Å².